The molecular formula is C12H16O3. The summed E-state index contributed by atoms with van der Waals surface area (Å²) in [4.78, 5) is 22.0. The normalized spacial score (nSPS) is 24.2. The van der Waals surface area contributed by atoms with E-state index in [9.17, 15) is 9.59 Å². The molecule has 15 heavy (non-hydrogen) atoms. The highest BCUT2D eigenvalue weighted by atomic mass is 16.4. The largest absolute Gasteiger partial charge is 0.478 e. The van der Waals surface area contributed by atoms with Gasteiger partial charge in [-0.05, 0) is 19.3 Å². The molecule has 1 aliphatic rings. The van der Waals surface area contributed by atoms with Crippen molar-refractivity contribution in [1.82, 2.24) is 0 Å². The third-order valence-electron chi connectivity index (χ3n) is 2.58. The summed E-state index contributed by atoms with van der Waals surface area (Å²) in [6, 6.07) is 0. The first-order chi connectivity index (χ1) is 7.15. The highest BCUT2D eigenvalue weighted by molar-refractivity contribution is 5.90. The standard InChI is InChI=1S/C12H16O3/c1-2-3-4-5-10-9(8-12(14)15)6-7-11(10)13/h3-4,8,10H,2,5-7H2,1H3,(H,14,15)/b4-3-,9-8-/t10-/m1/s1. The third-order valence-corrected chi connectivity index (χ3v) is 2.58. The van der Waals surface area contributed by atoms with Gasteiger partial charge < -0.3 is 5.11 Å². The number of rotatable bonds is 4. The van der Waals surface area contributed by atoms with Gasteiger partial charge in [0.2, 0.25) is 0 Å². The quantitative estimate of drug-likeness (QED) is 0.570. The molecule has 1 aliphatic carbocycles. The van der Waals surface area contributed by atoms with Gasteiger partial charge in [0.1, 0.15) is 5.78 Å². The molecule has 0 bridgehead atoms. The smallest absolute Gasteiger partial charge is 0.328 e. The van der Waals surface area contributed by atoms with Crippen molar-refractivity contribution in [1.29, 1.82) is 0 Å². The summed E-state index contributed by atoms with van der Waals surface area (Å²) >= 11 is 0. The van der Waals surface area contributed by atoms with Gasteiger partial charge in [-0.25, -0.2) is 4.79 Å². The van der Waals surface area contributed by atoms with E-state index in [4.69, 9.17) is 5.11 Å². The van der Waals surface area contributed by atoms with Crippen LogP contribution in [0.5, 0.6) is 0 Å². The van der Waals surface area contributed by atoms with Crippen molar-refractivity contribution in [3.05, 3.63) is 23.8 Å². The van der Waals surface area contributed by atoms with Crippen LogP contribution in [0.1, 0.15) is 32.6 Å². The van der Waals surface area contributed by atoms with Crippen molar-refractivity contribution in [2.45, 2.75) is 32.6 Å². The Morgan fingerprint density at radius 3 is 2.80 bits per heavy atom. The zero-order chi connectivity index (χ0) is 11.3. The van der Waals surface area contributed by atoms with E-state index in [1.165, 1.54) is 6.08 Å². The van der Waals surface area contributed by atoms with Crippen molar-refractivity contribution < 1.29 is 14.7 Å². The molecule has 0 saturated heterocycles. The minimum absolute atomic E-state index is 0.170. The Kier molecular flexibility index (Phi) is 4.28. The lowest BCUT2D eigenvalue weighted by Crippen LogP contribution is -2.07. The van der Waals surface area contributed by atoms with Gasteiger partial charge >= 0.3 is 5.97 Å². The van der Waals surface area contributed by atoms with E-state index in [-0.39, 0.29) is 11.7 Å². The lowest BCUT2D eigenvalue weighted by atomic mass is 9.97. The maximum Gasteiger partial charge on any atom is 0.328 e. The fourth-order valence-corrected chi connectivity index (χ4v) is 1.84. The summed E-state index contributed by atoms with van der Waals surface area (Å²) in [6.45, 7) is 2.03. The molecule has 0 aromatic carbocycles. The Morgan fingerprint density at radius 1 is 1.47 bits per heavy atom. The van der Waals surface area contributed by atoms with Crippen LogP contribution < -0.4 is 0 Å². The van der Waals surface area contributed by atoms with Crippen LogP contribution in [0, 0.1) is 5.92 Å². The number of carbonyl (C=O) groups is 2. The highest BCUT2D eigenvalue weighted by Gasteiger charge is 2.28. The first kappa shape index (κ1) is 11.7. The van der Waals surface area contributed by atoms with E-state index in [0.29, 0.717) is 19.3 Å². The Balaban J connectivity index is 2.69. The molecule has 0 spiro atoms. The molecular weight excluding hydrogens is 192 g/mol. The molecule has 3 heteroatoms. The number of hydrogen-bond acceptors (Lipinski definition) is 2. The number of hydrogen-bond donors (Lipinski definition) is 1. The summed E-state index contributed by atoms with van der Waals surface area (Å²) in [5.74, 6) is -0.976. The van der Waals surface area contributed by atoms with Gasteiger partial charge in [-0.3, -0.25) is 4.79 Å². The fourth-order valence-electron chi connectivity index (χ4n) is 1.84. The van der Waals surface area contributed by atoms with E-state index in [1.54, 1.807) is 0 Å². The van der Waals surface area contributed by atoms with Gasteiger partial charge in [0.15, 0.2) is 0 Å². The molecule has 0 heterocycles. The van der Waals surface area contributed by atoms with Crippen molar-refractivity contribution in [2.24, 2.45) is 5.92 Å². The second-order valence-corrected chi connectivity index (χ2v) is 3.69. The van der Waals surface area contributed by atoms with E-state index in [1.807, 2.05) is 19.1 Å². The van der Waals surface area contributed by atoms with Crippen LogP contribution >= 0.6 is 0 Å². The molecule has 0 radical (unpaired) electrons. The van der Waals surface area contributed by atoms with Crippen molar-refractivity contribution in [3.63, 3.8) is 0 Å². The van der Waals surface area contributed by atoms with Crippen molar-refractivity contribution in [2.75, 3.05) is 0 Å². The first-order valence-electron chi connectivity index (χ1n) is 5.26. The Labute approximate surface area is 89.5 Å². The number of carboxylic acid groups (broad SMARTS) is 1. The van der Waals surface area contributed by atoms with Gasteiger partial charge in [-0.15, -0.1) is 0 Å². The van der Waals surface area contributed by atoms with Crippen LogP contribution in [0.4, 0.5) is 0 Å². The lowest BCUT2D eigenvalue weighted by molar-refractivity contribution is -0.131. The first-order valence-corrected chi connectivity index (χ1v) is 5.26. The molecule has 0 aliphatic heterocycles. The van der Waals surface area contributed by atoms with Crippen LogP contribution in [-0.4, -0.2) is 16.9 Å². The minimum atomic E-state index is -0.954. The maximum absolute atomic E-state index is 11.5. The van der Waals surface area contributed by atoms with Crippen LogP contribution in [0.3, 0.4) is 0 Å². The molecule has 82 valence electrons. The molecule has 0 unspecified atom stereocenters. The zero-order valence-electron chi connectivity index (χ0n) is 8.90. The van der Waals surface area contributed by atoms with Crippen LogP contribution in [0.25, 0.3) is 0 Å². The van der Waals surface area contributed by atoms with E-state index in [2.05, 4.69) is 0 Å². The number of ketones is 1. The zero-order valence-corrected chi connectivity index (χ0v) is 8.90. The average Bonchev–Trinajstić information content (AvgIpc) is 2.49. The van der Waals surface area contributed by atoms with Gasteiger partial charge in [-0.2, -0.15) is 0 Å². The van der Waals surface area contributed by atoms with Gasteiger partial charge in [-0.1, -0.05) is 24.6 Å². The summed E-state index contributed by atoms with van der Waals surface area (Å²) in [7, 11) is 0. The SMILES string of the molecule is CC/C=C\C[C@H]1C(=O)CC/C1=C/C(=O)O. The van der Waals surface area contributed by atoms with Crippen LogP contribution in [0.2, 0.25) is 0 Å². The summed E-state index contributed by atoms with van der Waals surface area (Å²) in [5.41, 5.74) is 0.772. The monoisotopic (exact) mass is 208 g/mol. The number of aliphatic carboxylic acids is 1. The number of allylic oxidation sites excluding steroid dienone is 3. The molecule has 1 rings (SSSR count). The molecule has 1 N–H and O–H groups in total. The predicted molar refractivity (Wildman–Crippen MR) is 57.5 cm³/mol. The summed E-state index contributed by atoms with van der Waals surface area (Å²) in [5, 5.41) is 8.64. The van der Waals surface area contributed by atoms with Gasteiger partial charge in [0.05, 0.1) is 0 Å². The van der Waals surface area contributed by atoms with E-state index >= 15 is 0 Å². The summed E-state index contributed by atoms with van der Waals surface area (Å²) < 4.78 is 0. The molecule has 0 aromatic heterocycles. The number of carbonyl (C=O) groups excluding carboxylic acids is 1. The second-order valence-electron chi connectivity index (χ2n) is 3.69. The van der Waals surface area contributed by atoms with Gasteiger partial charge in [0, 0.05) is 18.4 Å². The lowest BCUT2D eigenvalue weighted by Gasteiger charge is -2.06. The fraction of sp³-hybridized carbons (Fsp3) is 0.500. The average molecular weight is 208 g/mol. The van der Waals surface area contributed by atoms with E-state index in [0.717, 1.165) is 12.0 Å². The molecule has 0 aromatic rings. The van der Waals surface area contributed by atoms with Gasteiger partial charge in [0.25, 0.3) is 0 Å². The van der Waals surface area contributed by atoms with Crippen molar-refractivity contribution in [3.8, 4) is 0 Å². The number of Topliss-reactive ketones (excluding diaryl/α,β-unsaturated/α-hetero) is 1. The minimum Gasteiger partial charge on any atom is -0.478 e. The third kappa shape index (κ3) is 3.35. The molecule has 1 saturated carbocycles. The van der Waals surface area contributed by atoms with E-state index < -0.39 is 5.97 Å². The predicted octanol–water partition coefficient (Wildman–Crippen LogP) is 2.33. The topological polar surface area (TPSA) is 54.4 Å². The molecule has 1 fully saturated rings. The maximum atomic E-state index is 11.5. The summed E-state index contributed by atoms with van der Waals surface area (Å²) in [6.07, 6.45) is 7.84. The second kappa shape index (κ2) is 5.49. The number of carboxylic acids is 1. The van der Waals surface area contributed by atoms with Crippen LogP contribution in [-0.2, 0) is 9.59 Å². The Hall–Kier alpha value is -1.38. The highest BCUT2D eigenvalue weighted by Crippen LogP contribution is 2.30. The molecule has 0 amide bonds. The van der Waals surface area contributed by atoms with Crippen molar-refractivity contribution >= 4 is 11.8 Å². The van der Waals surface area contributed by atoms with Crippen LogP contribution in [0.15, 0.2) is 23.8 Å². The Bertz CT molecular complexity index is 313. The molecule has 3 nitrogen and oxygen atoms in total. The molecule has 1 atom stereocenters. The Morgan fingerprint density at radius 2 is 2.20 bits per heavy atom.